The summed E-state index contributed by atoms with van der Waals surface area (Å²) >= 11 is 0. The molecule has 0 aliphatic carbocycles. The van der Waals surface area contributed by atoms with Crippen LogP contribution in [0.15, 0.2) is 42.5 Å². The van der Waals surface area contributed by atoms with Crippen LogP contribution in [0.4, 0.5) is 11.4 Å². The van der Waals surface area contributed by atoms with E-state index in [1.807, 2.05) is 6.07 Å². The highest BCUT2D eigenvalue weighted by Gasteiger charge is 2.21. The van der Waals surface area contributed by atoms with Crippen molar-refractivity contribution in [3.63, 3.8) is 0 Å². The minimum absolute atomic E-state index is 0.464. The summed E-state index contributed by atoms with van der Waals surface area (Å²) in [6.45, 7) is 10.9. The van der Waals surface area contributed by atoms with Crippen molar-refractivity contribution in [1.29, 1.82) is 0 Å². The first-order chi connectivity index (χ1) is 13.0. The van der Waals surface area contributed by atoms with Crippen LogP contribution in [0.3, 0.4) is 0 Å². The molecule has 3 heteroatoms. The van der Waals surface area contributed by atoms with Crippen molar-refractivity contribution in [2.24, 2.45) is 0 Å². The molecule has 0 N–H and O–H groups in total. The lowest BCUT2D eigenvalue weighted by molar-refractivity contribution is 0.193. The Morgan fingerprint density at radius 3 is 2.04 bits per heavy atom. The van der Waals surface area contributed by atoms with Crippen LogP contribution in [-0.2, 0) is 4.74 Å². The molecule has 0 heterocycles. The summed E-state index contributed by atoms with van der Waals surface area (Å²) < 4.78 is 10.7. The normalized spacial score (nSPS) is 11.3. The van der Waals surface area contributed by atoms with E-state index in [9.17, 15) is 0 Å². The SMILES string of the molecule is COCCCCN(c1cccc(OC)c1)c1c(C(C)C)cccc1C(C)C. The van der Waals surface area contributed by atoms with Crippen LogP contribution in [0.2, 0.25) is 0 Å². The Balaban J connectivity index is 2.55. The maximum absolute atomic E-state index is 5.49. The van der Waals surface area contributed by atoms with Crippen LogP contribution in [0.25, 0.3) is 0 Å². The van der Waals surface area contributed by atoms with Gasteiger partial charge in [0.2, 0.25) is 0 Å². The van der Waals surface area contributed by atoms with E-state index < -0.39 is 0 Å². The average molecular weight is 370 g/mol. The Hall–Kier alpha value is -2.00. The Morgan fingerprint density at radius 2 is 1.48 bits per heavy atom. The first-order valence-electron chi connectivity index (χ1n) is 10.0. The van der Waals surface area contributed by atoms with Gasteiger partial charge >= 0.3 is 0 Å². The quantitative estimate of drug-likeness (QED) is 0.446. The minimum atomic E-state index is 0.464. The molecule has 2 aromatic carbocycles. The van der Waals surface area contributed by atoms with Crippen LogP contribution >= 0.6 is 0 Å². The molecule has 0 unspecified atom stereocenters. The van der Waals surface area contributed by atoms with Crippen LogP contribution in [0.5, 0.6) is 5.75 Å². The highest BCUT2D eigenvalue weighted by Crippen LogP contribution is 2.39. The lowest BCUT2D eigenvalue weighted by Crippen LogP contribution is -2.22. The third-order valence-corrected chi connectivity index (χ3v) is 4.96. The van der Waals surface area contributed by atoms with Crippen LogP contribution in [0, 0.1) is 0 Å². The Morgan fingerprint density at radius 1 is 0.852 bits per heavy atom. The average Bonchev–Trinajstić information content (AvgIpc) is 2.67. The third-order valence-electron chi connectivity index (χ3n) is 4.96. The third kappa shape index (κ3) is 5.49. The fourth-order valence-electron chi connectivity index (χ4n) is 3.49. The summed E-state index contributed by atoms with van der Waals surface area (Å²) in [5, 5.41) is 0. The number of para-hydroxylation sites is 1. The van der Waals surface area contributed by atoms with Gasteiger partial charge < -0.3 is 14.4 Å². The van der Waals surface area contributed by atoms with Gasteiger partial charge in [-0.3, -0.25) is 0 Å². The highest BCUT2D eigenvalue weighted by atomic mass is 16.5. The van der Waals surface area contributed by atoms with Crippen molar-refractivity contribution in [2.45, 2.75) is 52.4 Å². The molecule has 27 heavy (non-hydrogen) atoms. The molecule has 3 nitrogen and oxygen atoms in total. The number of ether oxygens (including phenoxy) is 2. The summed E-state index contributed by atoms with van der Waals surface area (Å²) in [6, 6.07) is 15.1. The van der Waals surface area contributed by atoms with Crippen LogP contribution in [-0.4, -0.2) is 27.4 Å². The lowest BCUT2D eigenvalue weighted by Gasteiger charge is -2.32. The van der Waals surface area contributed by atoms with E-state index in [-0.39, 0.29) is 0 Å². The molecule has 0 bridgehead atoms. The van der Waals surface area contributed by atoms with E-state index in [0.717, 1.165) is 31.7 Å². The number of unbranched alkanes of at least 4 members (excludes halogenated alkanes) is 1. The van der Waals surface area contributed by atoms with E-state index in [2.05, 4.69) is 69.0 Å². The molecule has 0 aliphatic heterocycles. The molecule has 0 fully saturated rings. The molecule has 0 atom stereocenters. The number of nitrogens with zero attached hydrogens (tertiary/aromatic N) is 1. The molecule has 148 valence electrons. The standard InChI is InChI=1S/C24H35NO2/c1-18(2)22-13-10-14-23(19(3)4)24(22)25(15-7-8-16-26-5)20-11-9-12-21(17-20)27-6/h9-14,17-19H,7-8,15-16H2,1-6H3. The van der Waals surface area contributed by atoms with Gasteiger partial charge in [0.15, 0.2) is 0 Å². The van der Waals surface area contributed by atoms with Crippen molar-refractivity contribution in [3.05, 3.63) is 53.6 Å². The number of anilines is 2. The molecule has 0 saturated carbocycles. The predicted molar refractivity (Wildman–Crippen MR) is 116 cm³/mol. The first kappa shape index (κ1) is 21.3. The van der Waals surface area contributed by atoms with Gasteiger partial charge in [-0.05, 0) is 47.9 Å². The topological polar surface area (TPSA) is 21.7 Å². The molecule has 0 aromatic heterocycles. The largest absolute Gasteiger partial charge is 0.497 e. The van der Waals surface area contributed by atoms with Gasteiger partial charge in [0.25, 0.3) is 0 Å². The molecule has 0 spiro atoms. The van der Waals surface area contributed by atoms with E-state index in [1.54, 1.807) is 14.2 Å². The van der Waals surface area contributed by atoms with Crippen molar-refractivity contribution in [2.75, 3.05) is 32.3 Å². The summed E-state index contributed by atoms with van der Waals surface area (Å²) in [5.41, 5.74) is 5.33. The first-order valence-corrected chi connectivity index (χ1v) is 10.0. The molecule has 0 radical (unpaired) electrons. The predicted octanol–water partition coefficient (Wildman–Crippen LogP) is 6.51. The van der Waals surface area contributed by atoms with Gasteiger partial charge in [-0.2, -0.15) is 0 Å². The van der Waals surface area contributed by atoms with Gasteiger partial charge in [0.05, 0.1) is 7.11 Å². The zero-order valence-electron chi connectivity index (χ0n) is 17.8. The Bertz CT molecular complexity index is 683. The molecule has 2 rings (SSSR count). The number of benzene rings is 2. The Labute approximate surface area is 165 Å². The van der Waals surface area contributed by atoms with Crippen LogP contribution in [0.1, 0.15) is 63.5 Å². The van der Waals surface area contributed by atoms with Crippen LogP contribution < -0.4 is 9.64 Å². The lowest BCUT2D eigenvalue weighted by atomic mass is 9.91. The molecule has 0 aliphatic rings. The van der Waals surface area contributed by atoms with Crippen molar-refractivity contribution in [3.8, 4) is 5.75 Å². The van der Waals surface area contributed by atoms with Crippen molar-refractivity contribution >= 4 is 11.4 Å². The van der Waals surface area contributed by atoms with Gasteiger partial charge in [-0.1, -0.05) is 52.0 Å². The molecular weight excluding hydrogens is 334 g/mol. The summed E-state index contributed by atoms with van der Waals surface area (Å²) in [6.07, 6.45) is 2.13. The maximum Gasteiger partial charge on any atom is 0.120 e. The number of methoxy groups -OCH3 is 2. The summed E-state index contributed by atoms with van der Waals surface area (Å²) in [4.78, 5) is 2.48. The maximum atomic E-state index is 5.49. The van der Waals surface area contributed by atoms with Gasteiger partial charge in [0, 0.05) is 37.7 Å². The van der Waals surface area contributed by atoms with E-state index in [4.69, 9.17) is 9.47 Å². The number of hydrogen-bond donors (Lipinski definition) is 0. The highest BCUT2D eigenvalue weighted by molar-refractivity contribution is 5.72. The zero-order chi connectivity index (χ0) is 19.8. The van der Waals surface area contributed by atoms with Gasteiger partial charge in [-0.15, -0.1) is 0 Å². The fourth-order valence-corrected chi connectivity index (χ4v) is 3.49. The van der Waals surface area contributed by atoms with Crippen molar-refractivity contribution in [1.82, 2.24) is 0 Å². The zero-order valence-corrected chi connectivity index (χ0v) is 17.8. The van der Waals surface area contributed by atoms with Gasteiger partial charge in [-0.25, -0.2) is 0 Å². The second-order valence-corrected chi connectivity index (χ2v) is 7.65. The monoisotopic (exact) mass is 369 g/mol. The smallest absolute Gasteiger partial charge is 0.120 e. The second kappa shape index (κ2) is 10.4. The van der Waals surface area contributed by atoms with E-state index in [0.29, 0.717) is 11.8 Å². The van der Waals surface area contributed by atoms with E-state index >= 15 is 0 Å². The fraction of sp³-hybridized carbons (Fsp3) is 0.500. The molecule has 0 saturated heterocycles. The van der Waals surface area contributed by atoms with E-state index in [1.165, 1.54) is 22.5 Å². The summed E-state index contributed by atoms with van der Waals surface area (Å²) in [7, 11) is 3.49. The summed E-state index contributed by atoms with van der Waals surface area (Å²) in [5.74, 6) is 1.82. The minimum Gasteiger partial charge on any atom is -0.497 e. The second-order valence-electron chi connectivity index (χ2n) is 7.65. The molecule has 2 aromatic rings. The number of rotatable bonds is 10. The van der Waals surface area contributed by atoms with Crippen molar-refractivity contribution < 1.29 is 9.47 Å². The number of hydrogen-bond acceptors (Lipinski definition) is 3. The molecule has 0 amide bonds. The van der Waals surface area contributed by atoms with Gasteiger partial charge in [0.1, 0.15) is 5.75 Å². The molecular formula is C24H35NO2. The Kier molecular flexibility index (Phi) is 8.18.